The fourth-order valence-corrected chi connectivity index (χ4v) is 4.73. The van der Waals surface area contributed by atoms with Gasteiger partial charge in [-0.3, -0.25) is 14.4 Å². The molecular formula is C13H17NO6P2. The van der Waals surface area contributed by atoms with Gasteiger partial charge < -0.3 is 19.6 Å². The molecule has 0 heterocycles. The van der Waals surface area contributed by atoms with Crippen LogP contribution >= 0.6 is 15.2 Å². The van der Waals surface area contributed by atoms with E-state index in [-0.39, 0.29) is 0 Å². The molecule has 0 spiro atoms. The van der Waals surface area contributed by atoms with E-state index in [1.807, 2.05) is 30.3 Å². The van der Waals surface area contributed by atoms with Crippen molar-refractivity contribution in [3.63, 3.8) is 0 Å². The molecule has 0 aromatic heterocycles. The summed E-state index contributed by atoms with van der Waals surface area (Å²) in [5.74, 6) is 0. The zero-order valence-corrected chi connectivity index (χ0v) is 13.5. The molecular weight excluding hydrogens is 328 g/mol. The Kier molecular flexibility index (Phi) is 4.90. The highest BCUT2D eigenvalue weighted by Crippen LogP contribution is 2.58. The Morgan fingerprint density at radius 1 is 0.909 bits per heavy atom. The highest BCUT2D eigenvalue weighted by atomic mass is 31.2. The van der Waals surface area contributed by atoms with Crippen LogP contribution in [0.2, 0.25) is 0 Å². The number of nitrogens with one attached hydrogen (secondary N) is 1. The summed E-state index contributed by atoms with van der Waals surface area (Å²) in [5, 5.41) is 4.15. The molecule has 5 N–H and O–H groups in total. The van der Waals surface area contributed by atoms with E-state index in [2.05, 4.69) is 5.32 Å². The molecule has 0 aliphatic carbocycles. The van der Waals surface area contributed by atoms with Gasteiger partial charge in [0.1, 0.15) is 0 Å². The Labute approximate surface area is 127 Å². The largest absolute Gasteiger partial charge is 0.354 e. The van der Waals surface area contributed by atoms with Crippen molar-refractivity contribution in [2.45, 2.75) is 18.5 Å². The lowest BCUT2D eigenvalue weighted by Crippen LogP contribution is -2.31. The maximum atomic E-state index is 11.3. The second kappa shape index (κ2) is 6.22. The lowest BCUT2D eigenvalue weighted by molar-refractivity contribution is 0.322. The summed E-state index contributed by atoms with van der Waals surface area (Å²) in [6.45, 7) is 1.60. The van der Waals surface area contributed by atoms with Crippen molar-refractivity contribution in [3.05, 3.63) is 48.0 Å². The van der Waals surface area contributed by atoms with Crippen LogP contribution < -0.4 is 5.32 Å². The molecule has 0 unspecified atom stereocenters. The van der Waals surface area contributed by atoms with E-state index in [1.165, 1.54) is 0 Å². The van der Waals surface area contributed by atoms with E-state index >= 15 is 0 Å². The van der Waals surface area contributed by atoms with Gasteiger partial charge in [0.05, 0.1) is 0 Å². The molecule has 0 amide bonds. The predicted molar refractivity (Wildman–Crippen MR) is 83.4 cm³/mol. The van der Waals surface area contributed by atoms with Crippen molar-refractivity contribution in [1.82, 2.24) is 5.32 Å². The van der Waals surface area contributed by atoms with Crippen LogP contribution in [0.3, 0.4) is 0 Å². The first-order valence-corrected chi connectivity index (χ1v) is 9.81. The third-order valence-electron chi connectivity index (χ3n) is 3.33. The molecule has 0 aliphatic rings. The Balaban J connectivity index is 2.40. The lowest BCUT2D eigenvalue weighted by atomic mass is 10.00. The molecule has 1 atom stereocenters. The first kappa shape index (κ1) is 17.3. The van der Waals surface area contributed by atoms with Gasteiger partial charge in [-0.15, -0.1) is 0 Å². The Bertz CT molecular complexity index is 741. The van der Waals surface area contributed by atoms with Crippen molar-refractivity contribution in [2.75, 3.05) is 0 Å². The quantitative estimate of drug-likeness (QED) is 0.525. The van der Waals surface area contributed by atoms with E-state index < -0.39 is 26.8 Å². The van der Waals surface area contributed by atoms with Gasteiger partial charge in [-0.1, -0.05) is 42.5 Å². The van der Waals surface area contributed by atoms with Crippen molar-refractivity contribution in [2.24, 2.45) is 0 Å². The highest BCUT2D eigenvalue weighted by Gasteiger charge is 2.44. The minimum absolute atomic E-state index is 0.656. The topological polar surface area (TPSA) is 127 Å². The Morgan fingerprint density at radius 2 is 1.45 bits per heavy atom. The number of hydrogen-bond acceptors (Lipinski definition) is 3. The summed E-state index contributed by atoms with van der Waals surface area (Å²) >= 11 is 0. The third-order valence-corrected chi connectivity index (χ3v) is 6.70. The number of benzene rings is 2. The number of hydrogen-bond donors (Lipinski definition) is 5. The van der Waals surface area contributed by atoms with Crippen molar-refractivity contribution in [3.8, 4) is 0 Å². The average Bonchev–Trinajstić information content (AvgIpc) is 2.41. The minimum atomic E-state index is -5.01. The molecule has 0 saturated heterocycles. The van der Waals surface area contributed by atoms with E-state index in [9.17, 15) is 28.7 Å². The van der Waals surface area contributed by atoms with Gasteiger partial charge >= 0.3 is 15.2 Å². The van der Waals surface area contributed by atoms with Gasteiger partial charge in [-0.2, -0.15) is 0 Å². The maximum Gasteiger partial charge on any atom is 0.354 e. The number of fused-ring (bicyclic) bond motifs is 1. The summed E-state index contributed by atoms with van der Waals surface area (Å²) in [6.07, 6.45) is 0. The Hall–Kier alpha value is -1.04. The van der Waals surface area contributed by atoms with Crippen LogP contribution in [0.4, 0.5) is 0 Å². The molecule has 2 aromatic rings. The van der Waals surface area contributed by atoms with E-state index in [1.54, 1.807) is 19.1 Å². The van der Waals surface area contributed by atoms with E-state index in [0.717, 1.165) is 10.8 Å². The average molecular weight is 345 g/mol. The summed E-state index contributed by atoms with van der Waals surface area (Å²) in [7, 11) is -10.0. The molecule has 0 bridgehead atoms. The van der Waals surface area contributed by atoms with Crippen LogP contribution in [-0.4, -0.2) is 25.1 Å². The van der Waals surface area contributed by atoms with Crippen molar-refractivity contribution >= 4 is 26.0 Å². The first-order chi connectivity index (χ1) is 10.1. The molecule has 2 aromatic carbocycles. The summed E-state index contributed by atoms with van der Waals surface area (Å²) in [6, 6.07) is 12.2. The van der Waals surface area contributed by atoms with Gasteiger partial charge in [0.25, 0.3) is 0 Å². The van der Waals surface area contributed by atoms with Crippen LogP contribution in [0.5, 0.6) is 0 Å². The zero-order chi connectivity index (χ0) is 16.5. The molecule has 7 nitrogen and oxygen atoms in total. The summed E-state index contributed by atoms with van der Waals surface area (Å²) < 4.78 is 22.7. The van der Waals surface area contributed by atoms with Gasteiger partial charge in [0.2, 0.25) is 5.52 Å². The third kappa shape index (κ3) is 3.83. The zero-order valence-electron chi connectivity index (χ0n) is 11.7. The predicted octanol–water partition coefficient (Wildman–Crippen LogP) is 2.13. The molecule has 2 rings (SSSR count). The second-order valence-corrected chi connectivity index (χ2v) is 8.81. The van der Waals surface area contributed by atoms with E-state index in [0.29, 0.717) is 5.56 Å². The maximum absolute atomic E-state index is 11.3. The fourth-order valence-electron chi connectivity index (χ4n) is 2.33. The number of rotatable bonds is 5. The van der Waals surface area contributed by atoms with Gasteiger partial charge in [-0.05, 0) is 23.3 Å². The standard InChI is InChI=1S/C13H17NO6P2/c1-9(14-13(21(15,16)17)22(18,19)20)11-8-4-6-10-5-2-3-7-12(10)11/h2-9,13-14H,1H3,(H2,15,16,17)(H2,18,19,20)/t9-/m1/s1. The van der Waals surface area contributed by atoms with Crippen LogP contribution in [0.15, 0.2) is 42.5 Å². The van der Waals surface area contributed by atoms with Gasteiger partial charge in [0, 0.05) is 6.04 Å². The van der Waals surface area contributed by atoms with Crippen LogP contribution in [-0.2, 0) is 9.13 Å². The van der Waals surface area contributed by atoms with Crippen LogP contribution in [0.1, 0.15) is 18.5 Å². The van der Waals surface area contributed by atoms with Gasteiger partial charge in [0.15, 0.2) is 0 Å². The summed E-state index contributed by atoms with van der Waals surface area (Å²) in [5.41, 5.74) is -1.53. The molecule has 0 saturated carbocycles. The second-order valence-electron chi connectivity index (χ2n) is 5.01. The summed E-state index contributed by atoms with van der Waals surface area (Å²) in [4.78, 5) is 36.7. The highest BCUT2D eigenvalue weighted by molar-refractivity contribution is 7.70. The van der Waals surface area contributed by atoms with Crippen LogP contribution in [0, 0.1) is 0 Å². The molecule has 0 aliphatic heterocycles. The lowest BCUT2D eigenvalue weighted by Gasteiger charge is -2.25. The smallest absolute Gasteiger partial charge is 0.323 e. The molecule has 9 heteroatoms. The van der Waals surface area contributed by atoms with Crippen molar-refractivity contribution < 1.29 is 28.7 Å². The van der Waals surface area contributed by atoms with Gasteiger partial charge in [-0.25, -0.2) is 0 Å². The Morgan fingerprint density at radius 3 is 2.05 bits per heavy atom. The first-order valence-electron chi connectivity index (χ1n) is 6.45. The molecule has 0 fully saturated rings. The normalized spacial score (nSPS) is 14.5. The monoisotopic (exact) mass is 345 g/mol. The molecule has 120 valence electrons. The van der Waals surface area contributed by atoms with Crippen LogP contribution in [0.25, 0.3) is 10.8 Å². The minimum Gasteiger partial charge on any atom is -0.323 e. The van der Waals surface area contributed by atoms with Crippen molar-refractivity contribution in [1.29, 1.82) is 0 Å². The molecule has 0 radical (unpaired) electrons. The molecule has 22 heavy (non-hydrogen) atoms. The fraction of sp³-hybridized carbons (Fsp3) is 0.231. The van der Waals surface area contributed by atoms with E-state index in [4.69, 9.17) is 0 Å². The SMILES string of the molecule is C[C@@H](NC(P(=O)(O)O)P(=O)(O)O)c1cccc2ccccc12.